The minimum atomic E-state index is -0.500. The first-order chi connectivity index (χ1) is 12.4. The van der Waals surface area contributed by atoms with Gasteiger partial charge in [0.15, 0.2) is 5.13 Å². The summed E-state index contributed by atoms with van der Waals surface area (Å²) in [6, 6.07) is 6.03. The maximum Gasteiger partial charge on any atom is 0.231 e. The largest absolute Gasteiger partial charge is 0.369 e. The van der Waals surface area contributed by atoms with Gasteiger partial charge in [-0.25, -0.2) is 9.37 Å². The van der Waals surface area contributed by atoms with Crippen molar-refractivity contribution in [2.24, 2.45) is 11.7 Å². The van der Waals surface area contributed by atoms with E-state index >= 15 is 0 Å². The third kappa shape index (κ3) is 4.42. The molecule has 1 fully saturated rings. The predicted octanol–water partition coefficient (Wildman–Crippen LogP) is 1.30. The number of likely N-dealkylation sites (tertiary alicyclic amines) is 1. The van der Waals surface area contributed by atoms with Gasteiger partial charge in [0.25, 0.3) is 0 Å². The van der Waals surface area contributed by atoms with Gasteiger partial charge in [0.2, 0.25) is 17.7 Å². The molecule has 1 saturated heterocycles. The number of nitrogens with zero attached hydrogens (tertiary/aromatic N) is 2. The number of amides is 3. The van der Waals surface area contributed by atoms with Crippen LogP contribution in [0.2, 0.25) is 0 Å². The Morgan fingerprint density at radius 1 is 1.42 bits per heavy atom. The van der Waals surface area contributed by atoms with Crippen LogP contribution in [-0.4, -0.2) is 34.2 Å². The van der Waals surface area contributed by atoms with Crippen LogP contribution in [0, 0.1) is 11.7 Å². The van der Waals surface area contributed by atoms with Crippen molar-refractivity contribution in [2.75, 3.05) is 11.9 Å². The number of hydrogen-bond acceptors (Lipinski definition) is 5. The Kier molecular flexibility index (Phi) is 5.27. The number of rotatable bonds is 6. The summed E-state index contributed by atoms with van der Waals surface area (Å²) in [7, 11) is 0. The monoisotopic (exact) mass is 376 g/mol. The standard InChI is InChI=1S/C17H17FN4O3S/c18-12-3-1-2-10(4-12)7-22-8-11(5-15(22)24)16(25)21-17-20-13(9-26-17)6-14(19)23/h1-4,9,11H,5-8H2,(H2,19,23)(H,20,21,25). The molecule has 7 nitrogen and oxygen atoms in total. The highest BCUT2D eigenvalue weighted by Crippen LogP contribution is 2.23. The fourth-order valence-electron chi connectivity index (χ4n) is 2.79. The van der Waals surface area contributed by atoms with Crippen molar-refractivity contribution in [3.63, 3.8) is 0 Å². The molecule has 26 heavy (non-hydrogen) atoms. The normalized spacial score (nSPS) is 16.7. The van der Waals surface area contributed by atoms with Crippen LogP contribution < -0.4 is 11.1 Å². The lowest BCUT2D eigenvalue weighted by Gasteiger charge is -2.16. The number of nitrogens with two attached hydrogens (primary N) is 1. The Hall–Kier alpha value is -2.81. The van der Waals surface area contributed by atoms with E-state index in [1.807, 2.05) is 0 Å². The van der Waals surface area contributed by atoms with Crippen LogP contribution in [0.1, 0.15) is 17.7 Å². The second-order valence-corrected chi connectivity index (χ2v) is 6.94. The maximum absolute atomic E-state index is 13.3. The molecule has 3 rings (SSSR count). The molecule has 2 heterocycles. The van der Waals surface area contributed by atoms with Crippen molar-refractivity contribution in [3.05, 3.63) is 46.7 Å². The van der Waals surface area contributed by atoms with Crippen LogP contribution in [0.3, 0.4) is 0 Å². The summed E-state index contributed by atoms with van der Waals surface area (Å²) in [5.74, 6) is -1.82. The molecule has 3 N–H and O–H groups in total. The number of benzene rings is 1. The second kappa shape index (κ2) is 7.61. The Morgan fingerprint density at radius 3 is 2.96 bits per heavy atom. The molecule has 1 aromatic carbocycles. The zero-order valence-electron chi connectivity index (χ0n) is 13.8. The molecule has 0 saturated carbocycles. The average molecular weight is 376 g/mol. The van der Waals surface area contributed by atoms with Crippen molar-refractivity contribution in [3.8, 4) is 0 Å². The van der Waals surface area contributed by atoms with E-state index in [-0.39, 0.29) is 43.6 Å². The Balaban J connectivity index is 1.58. The molecule has 0 radical (unpaired) electrons. The van der Waals surface area contributed by atoms with Gasteiger partial charge < -0.3 is 16.0 Å². The van der Waals surface area contributed by atoms with Gasteiger partial charge in [0.05, 0.1) is 18.0 Å². The summed E-state index contributed by atoms with van der Waals surface area (Å²) in [5.41, 5.74) is 6.28. The first-order valence-electron chi connectivity index (χ1n) is 7.96. The fraction of sp³-hybridized carbons (Fsp3) is 0.294. The molecule has 0 spiro atoms. The summed E-state index contributed by atoms with van der Waals surface area (Å²) >= 11 is 1.19. The molecule has 1 unspecified atom stereocenters. The summed E-state index contributed by atoms with van der Waals surface area (Å²) in [6.45, 7) is 0.529. The van der Waals surface area contributed by atoms with Crippen LogP contribution in [0.15, 0.2) is 29.6 Å². The summed E-state index contributed by atoms with van der Waals surface area (Å²) in [6.07, 6.45) is 0.108. The van der Waals surface area contributed by atoms with Gasteiger partial charge in [0, 0.05) is 24.9 Å². The summed E-state index contributed by atoms with van der Waals surface area (Å²) in [4.78, 5) is 41.1. The highest BCUT2D eigenvalue weighted by Gasteiger charge is 2.34. The lowest BCUT2D eigenvalue weighted by atomic mass is 10.1. The first kappa shape index (κ1) is 18.0. The van der Waals surface area contributed by atoms with Gasteiger partial charge in [-0.2, -0.15) is 0 Å². The molecule has 0 bridgehead atoms. The minimum Gasteiger partial charge on any atom is -0.369 e. The highest BCUT2D eigenvalue weighted by molar-refractivity contribution is 7.13. The minimum absolute atomic E-state index is 0.00962. The number of anilines is 1. The van der Waals surface area contributed by atoms with E-state index in [0.29, 0.717) is 16.4 Å². The average Bonchev–Trinajstić information content (AvgIpc) is 3.14. The van der Waals surface area contributed by atoms with Crippen LogP contribution in [0.25, 0.3) is 0 Å². The highest BCUT2D eigenvalue weighted by atomic mass is 32.1. The van der Waals surface area contributed by atoms with E-state index in [1.54, 1.807) is 22.4 Å². The lowest BCUT2D eigenvalue weighted by Crippen LogP contribution is -2.28. The number of nitrogens with one attached hydrogen (secondary N) is 1. The Morgan fingerprint density at radius 2 is 2.23 bits per heavy atom. The molecular weight excluding hydrogens is 359 g/mol. The number of carbonyl (C=O) groups is 3. The molecule has 1 aromatic heterocycles. The molecule has 136 valence electrons. The first-order valence-corrected chi connectivity index (χ1v) is 8.84. The molecule has 2 aromatic rings. The molecule has 3 amide bonds. The number of thiazole rings is 1. The van der Waals surface area contributed by atoms with Gasteiger partial charge in [-0.05, 0) is 17.7 Å². The molecule has 1 aliphatic rings. The van der Waals surface area contributed by atoms with Gasteiger partial charge in [-0.15, -0.1) is 11.3 Å². The second-order valence-electron chi connectivity index (χ2n) is 6.08. The van der Waals surface area contributed by atoms with Crippen molar-refractivity contribution in [1.29, 1.82) is 0 Å². The van der Waals surface area contributed by atoms with Crippen LogP contribution in [0.5, 0.6) is 0 Å². The summed E-state index contributed by atoms with van der Waals surface area (Å²) in [5, 5.41) is 4.68. The Labute approximate surface area is 153 Å². The number of primary amides is 1. The fourth-order valence-corrected chi connectivity index (χ4v) is 3.50. The van der Waals surface area contributed by atoms with E-state index in [1.165, 1.54) is 23.5 Å². The van der Waals surface area contributed by atoms with Crippen molar-refractivity contribution in [1.82, 2.24) is 9.88 Å². The van der Waals surface area contributed by atoms with E-state index in [2.05, 4.69) is 10.3 Å². The number of hydrogen-bond donors (Lipinski definition) is 2. The van der Waals surface area contributed by atoms with E-state index in [0.717, 1.165) is 0 Å². The van der Waals surface area contributed by atoms with Crippen LogP contribution in [0.4, 0.5) is 9.52 Å². The quantitative estimate of drug-likeness (QED) is 0.793. The lowest BCUT2D eigenvalue weighted by molar-refractivity contribution is -0.128. The molecular formula is C17H17FN4O3S. The topological polar surface area (TPSA) is 105 Å². The SMILES string of the molecule is NC(=O)Cc1csc(NC(=O)C2CC(=O)N(Cc3cccc(F)c3)C2)n1. The third-order valence-corrected chi connectivity index (χ3v) is 4.79. The van der Waals surface area contributed by atoms with E-state index in [4.69, 9.17) is 5.73 Å². The molecule has 0 aliphatic carbocycles. The maximum atomic E-state index is 13.3. The van der Waals surface area contributed by atoms with Crippen molar-refractivity contribution >= 4 is 34.2 Å². The van der Waals surface area contributed by atoms with E-state index < -0.39 is 11.8 Å². The molecule has 9 heteroatoms. The van der Waals surface area contributed by atoms with Gasteiger partial charge in [-0.1, -0.05) is 12.1 Å². The van der Waals surface area contributed by atoms with E-state index in [9.17, 15) is 18.8 Å². The smallest absolute Gasteiger partial charge is 0.231 e. The van der Waals surface area contributed by atoms with Gasteiger partial charge >= 0.3 is 0 Å². The Bertz CT molecular complexity index is 854. The van der Waals surface area contributed by atoms with Crippen LogP contribution in [-0.2, 0) is 27.3 Å². The number of halogens is 1. The van der Waals surface area contributed by atoms with Crippen molar-refractivity contribution in [2.45, 2.75) is 19.4 Å². The predicted molar refractivity (Wildman–Crippen MR) is 93.6 cm³/mol. The number of carbonyl (C=O) groups excluding carboxylic acids is 3. The number of aromatic nitrogens is 1. The van der Waals surface area contributed by atoms with Crippen LogP contribution >= 0.6 is 11.3 Å². The van der Waals surface area contributed by atoms with Crippen molar-refractivity contribution < 1.29 is 18.8 Å². The zero-order valence-corrected chi connectivity index (χ0v) is 14.6. The summed E-state index contributed by atoms with van der Waals surface area (Å²) < 4.78 is 13.3. The molecule has 1 atom stereocenters. The third-order valence-electron chi connectivity index (χ3n) is 3.98. The van der Waals surface area contributed by atoms with Gasteiger partial charge in [0.1, 0.15) is 5.82 Å². The zero-order chi connectivity index (χ0) is 18.7. The van der Waals surface area contributed by atoms with Gasteiger partial charge in [-0.3, -0.25) is 14.4 Å². The molecule has 1 aliphatic heterocycles.